The fourth-order valence-electron chi connectivity index (χ4n) is 3.40. The van der Waals surface area contributed by atoms with E-state index in [-0.39, 0.29) is 5.91 Å². The summed E-state index contributed by atoms with van der Waals surface area (Å²) >= 11 is 5.01. The second-order valence-electron chi connectivity index (χ2n) is 6.29. The molecular formula is C18H14BrN5OS. The number of fused-ring (bicyclic) bond motifs is 2. The van der Waals surface area contributed by atoms with Gasteiger partial charge in [0.15, 0.2) is 0 Å². The molecule has 26 heavy (non-hydrogen) atoms. The summed E-state index contributed by atoms with van der Waals surface area (Å²) in [5, 5.41) is 10.5. The molecule has 0 unspecified atom stereocenters. The van der Waals surface area contributed by atoms with Crippen LogP contribution in [0.2, 0.25) is 0 Å². The van der Waals surface area contributed by atoms with Gasteiger partial charge in [0.05, 0.1) is 29.1 Å². The molecule has 4 aromatic rings. The SMILES string of the molecule is O=C(c1cc2ccc(Br)cc2[nH]1)N1CCc2n[nH]c(-c3cscn3)c2C1. The number of nitrogens with one attached hydrogen (secondary N) is 2. The molecule has 0 saturated heterocycles. The first-order valence-corrected chi connectivity index (χ1v) is 9.95. The summed E-state index contributed by atoms with van der Waals surface area (Å²) in [6.07, 6.45) is 0.744. The zero-order valence-electron chi connectivity index (χ0n) is 13.6. The lowest BCUT2D eigenvalue weighted by Gasteiger charge is -2.26. The number of aromatic amines is 2. The number of amides is 1. The van der Waals surface area contributed by atoms with Gasteiger partial charge in [-0.1, -0.05) is 22.0 Å². The Bertz CT molecular complexity index is 1110. The number of thiazole rings is 1. The molecular weight excluding hydrogens is 414 g/mol. The van der Waals surface area contributed by atoms with Gasteiger partial charge in [0, 0.05) is 39.3 Å². The molecule has 0 radical (unpaired) electrons. The number of carbonyl (C=O) groups excluding carboxylic acids is 1. The Labute approximate surface area is 161 Å². The first-order valence-electron chi connectivity index (χ1n) is 8.21. The molecule has 0 atom stereocenters. The Kier molecular flexibility index (Phi) is 3.68. The molecule has 1 amide bonds. The Hall–Kier alpha value is -2.45. The number of H-pyrrole nitrogens is 2. The van der Waals surface area contributed by atoms with Crippen LogP contribution in [0.3, 0.4) is 0 Å². The lowest BCUT2D eigenvalue weighted by atomic mass is 10.0. The third kappa shape index (κ3) is 2.57. The largest absolute Gasteiger partial charge is 0.350 e. The fourth-order valence-corrected chi connectivity index (χ4v) is 4.30. The van der Waals surface area contributed by atoms with Crippen LogP contribution in [0.15, 0.2) is 39.6 Å². The van der Waals surface area contributed by atoms with Gasteiger partial charge in [-0.15, -0.1) is 11.3 Å². The van der Waals surface area contributed by atoms with E-state index in [1.54, 1.807) is 16.8 Å². The van der Waals surface area contributed by atoms with E-state index in [0.717, 1.165) is 44.4 Å². The van der Waals surface area contributed by atoms with Gasteiger partial charge in [0.1, 0.15) is 5.69 Å². The third-order valence-electron chi connectivity index (χ3n) is 4.71. The van der Waals surface area contributed by atoms with Crippen molar-refractivity contribution in [3.8, 4) is 11.4 Å². The van der Waals surface area contributed by atoms with Crippen molar-refractivity contribution >= 4 is 44.1 Å². The minimum absolute atomic E-state index is 0.00778. The molecule has 8 heteroatoms. The maximum absolute atomic E-state index is 13.0. The molecule has 3 aromatic heterocycles. The van der Waals surface area contributed by atoms with Gasteiger partial charge < -0.3 is 9.88 Å². The summed E-state index contributed by atoms with van der Waals surface area (Å²) in [5.41, 5.74) is 7.25. The van der Waals surface area contributed by atoms with Crippen LogP contribution in [-0.4, -0.2) is 37.5 Å². The van der Waals surface area contributed by atoms with Crippen LogP contribution in [0.25, 0.3) is 22.3 Å². The molecule has 0 aliphatic carbocycles. The van der Waals surface area contributed by atoms with Crippen LogP contribution in [0.5, 0.6) is 0 Å². The van der Waals surface area contributed by atoms with Gasteiger partial charge in [-0.25, -0.2) is 4.98 Å². The van der Waals surface area contributed by atoms with E-state index < -0.39 is 0 Å². The summed E-state index contributed by atoms with van der Waals surface area (Å²) in [4.78, 5) is 22.5. The van der Waals surface area contributed by atoms with Crippen molar-refractivity contribution in [2.24, 2.45) is 0 Å². The number of halogens is 1. The van der Waals surface area contributed by atoms with E-state index in [9.17, 15) is 4.79 Å². The smallest absolute Gasteiger partial charge is 0.270 e. The molecule has 1 aromatic carbocycles. The lowest BCUT2D eigenvalue weighted by molar-refractivity contribution is 0.0729. The van der Waals surface area contributed by atoms with Crippen LogP contribution < -0.4 is 0 Å². The summed E-state index contributed by atoms with van der Waals surface area (Å²) in [6.45, 7) is 1.20. The van der Waals surface area contributed by atoms with E-state index in [0.29, 0.717) is 18.8 Å². The minimum atomic E-state index is 0.00778. The standard InChI is InChI=1S/C18H14BrN5OS/c19-11-2-1-10-5-15(21-14(10)6-11)18(25)24-4-3-13-12(7-24)17(23-22-13)16-8-26-9-20-16/h1-2,5-6,8-9,21H,3-4,7H2,(H,22,23). The van der Waals surface area contributed by atoms with Gasteiger partial charge in [-0.3, -0.25) is 9.89 Å². The van der Waals surface area contributed by atoms with Gasteiger partial charge in [-0.05, 0) is 18.2 Å². The number of nitrogens with zero attached hydrogens (tertiary/aromatic N) is 3. The molecule has 4 heterocycles. The zero-order chi connectivity index (χ0) is 17.7. The van der Waals surface area contributed by atoms with Gasteiger partial charge in [0.25, 0.3) is 5.91 Å². The Morgan fingerprint density at radius 3 is 3.08 bits per heavy atom. The van der Waals surface area contributed by atoms with E-state index in [1.165, 1.54) is 0 Å². The number of hydrogen-bond acceptors (Lipinski definition) is 4. The number of rotatable bonds is 2. The highest BCUT2D eigenvalue weighted by molar-refractivity contribution is 9.10. The monoisotopic (exact) mass is 427 g/mol. The zero-order valence-corrected chi connectivity index (χ0v) is 16.0. The maximum Gasteiger partial charge on any atom is 0.270 e. The molecule has 1 aliphatic heterocycles. The second-order valence-corrected chi connectivity index (χ2v) is 7.92. The first kappa shape index (κ1) is 15.8. The van der Waals surface area contributed by atoms with Gasteiger partial charge >= 0.3 is 0 Å². The average molecular weight is 428 g/mol. The second kappa shape index (κ2) is 6.07. The number of benzene rings is 1. The van der Waals surface area contributed by atoms with E-state index in [1.807, 2.05) is 34.5 Å². The highest BCUT2D eigenvalue weighted by Gasteiger charge is 2.27. The lowest BCUT2D eigenvalue weighted by Crippen LogP contribution is -2.36. The van der Waals surface area contributed by atoms with Crippen molar-refractivity contribution in [3.05, 3.63) is 56.6 Å². The molecule has 0 spiro atoms. The van der Waals surface area contributed by atoms with Crippen molar-refractivity contribution in [1.29, 1.82) is 0 Å². The van der Waals surface area contributed by atoms with Crippen molar-refractivity contribution in [3.63, 3.8) is 0 Å². The van der Waals surface area contributed by atoms with E-state index >= 15 is 0 Å². The first-order chi connectivity index (χ1) is 12.7. The molecule has 130 valence electrons. The van der Waals surface area contributed by atoms with Crippen molar-refractivity contribution in [2.75, 3.05) is 6.54 Å². The topological polar surface area (TPSA) is 77.7 Å². The average Bonchev–Trinajstić information content (AvgIpc) is 3.38. The molecule has 0 fully saturated rings. The van der Waals surface area contributed by atoms with E-state index in [2.05, 4.69) is 36.1 Å². The molecule has 1 aliphatic rings. The number of carbonyl (C=O) groups is 1. The highest BCUT2D eigenvalue weighted by Crippen LogP contribution is 2.29. The summed E-state index contributed by atoms with van der Waals surface area (Å²) < 4.78 is 0.986. The van der Waals surface area contributed by atoms with Crippen LogP contribution in [0.1, 0.15) is 21.7 Å². The number of hydrogen-bond donors (Lipinski definition) is 2. The predicted molar refractivity (Wildman–Crippen MR) is 104 cm³/mol. The van der Waals surface area contributed by atoms with Gasteiger partial charge in [0.2, 0.25) is 0 Å². The minimum Gasteiger partial charge on any atom is -0.350 e. The molecule has 6 nitrogen and oxygen atoms in total. The van der Waals surface area contributed by atoms with Crippen molar-refractivity contribution in [1.82, 2.24) is 25.1 Å². The van der Waals surface area contributed by atoms with Crippen molar-refractivity contribution in [2.45, 2.75) is 13.0 Å². The van der Waals surface area contributed by atoms with Gasteiger partial charge in [-0.2, -0.15) is 5.10 Å². The summed E-state index contributed by atoms with van der Waals surface area (Å²) in [5.74, 6) is 0.00778. The number of aromatic nitrogens is 4. The third-order valence-corrected chi connectivity index (χ3v) is 5.79. The summed E-state index contributed by atoms with van der Waals surface area (Å²) in [6, 6.07) is 7.87. The molecule has 2 N–H and O–H groups in total. The van der Waals surface area contributed by atoms with Crippen LogP contribution >= 0.6 is 27.3 Å². The van der Waals surface area contributed by atoms with Crippen LogP contribution in [0, 0.1) is 0 Å². The molecule has 0 saturated carbocycles. The maximum atomic E-state index is 13.0. The van der Waals surface area contributed by atoms with Crippen molar-refractivity contribution < 1.29 is 4.79 Å². The summed E-state index contributed by atoms with van der Waals surface area (Å²) in [7, 11) is 0. The Morgan fingerprint density at radius 1 is 1.31 bits per heavy atom. The van der Waals surface area contributed by atoms with E-state index in [4.69, 9.17) is 0 Å². The Morgan fingerprint density at radius 2 is 2.23 bits per heavy atom. The predicted octanol–water partition coefficient (Wildman–Crippen LogP) is 3.98. The Balaban J connectivity index is 1.46. The molecule has 5 rings (SSSR count). The quantitative estimate of drug-likeness (QED) is 0.507. The fraction of sp³-hybridized carbons (Fsp3) is 0.167. The van der Waals surface area contributed by atoms with Crippen LogP contribution in [0.4, 0.5) is 0 Å². The normalized spacial score (nSPS) is 14.0. The van der Waals surface area contributed by atoms with Crippen LogP contribution in [-0.2, 0) is 13.0 Å². The molecule has 0 bridgehead atoms. The highest BCUT2D eigenvalue weighted by atomic mass is 79.9.